The standard InChI is InChI=1S/C12H20O4/c1-2-16-12(15)10(11(13)14)8-9-6-4-3-5-7-9/h9-10H,2-8H2,1H3,(H,13,14). The predicted molar refractivity (Wildman–Crippen MR) is 59.0 cm³/mol. The average Bonchev–Trinajstić information content (AvgIpc) is 2.27. The Morgan fingerprint density at radius 1 is 1.31 bits per heavy atom. The van der Waals surface area contributed by atoms with Crippen LogP contribution >= 0.6 is 0 Å². The smallest absolute Gasteiger partial charge is 0.320 e. The molecule has 92 valence electrons. The summed E-state index contributed by atoms with van der Waals surface area (Å²) in [5.74, 6) is -2.23. The van der Waals surface area contributed by atoms with Gasteiger partial charge in [-0.15, -0.1) is 0 Å². The topological polar surface area (TPSA) is 63.6 Å². The molecule has 1 atom stereocenters. The minimum Gasteiger partial charge on any atom is -0.481 e. The van der Waals surface area contributed by atoms with Gasteiger partial charge >= 0.3 is 11.9 Å². The second kappa shape index (κ2) is 6.51. The number of hydrogen-bond acceptors (Lipinski definition) is 3. The monoisotopic (exact) mass is 228 g/mol. The average molecular weight is 228 g/mol. The van der Waals surface area contributed by atoms with Gasteiger partial charge in [0, 0.05) is 0 Å². The normalized spacial score (nSPS) is 19.1. The number of hydrogen-bond donors (Lipinski definition) is 1. The molecule has 1 aliphatic rings. The molecule has 0 saturated heterocycles. The molecule has 1 unspecified atom stereocenters. The third-order valence-electron chi connectivity index (χ3n) is 3.16. The van der Waals surface area contributed by atoms with E-state index in [2.05, 4.69) is 0 Å². The van der Waals surface area contributed by atoms with Gasteiger partial charge in [-0.3, -0.25) is 9.59 Å². The third kappa shape index (κ3) is 3.83. The Hall–Kier alpha value is -1.06. The molecule has 1 aliphatic carbocycles. The quantitative estimate of drug-likeness (QED) is 0.579. The lowest BCUT2D eigenvalue weighted by atomic mass is 9.83. The molecule has 0 spiro atoms. The van der Waals surface area contributed by atoms with Crippen LogP contribution < -0.4 is 0 Å². The number of carbonyl (C=O) groups is 2. The van der Waals surface area contributed by atoms with Gasteiger partial charge in [-0.2, -0.15) is 0 Å². The van der Waals surface area contributed by atoms with E-state index in [-0.39, 0.29) is 6.61 Å². The van der Waals surface area contributed by atoms with Crippen molar-refractivity contribution in [1.29, 1.82) is 0 Å². The van der Waals surface area contributed by atoms with Crippen LogP contribution in [0.15, 0.2) is 0 Å². The third-order valence-corrected chi connectivity index (χ3v) is 3.16. The second-order valence-corrected chi connectivity index (χ2v) is 4.38. The number of carboxylic acid groups (broad SMARTS) is 1. The highest BCUT2D eigenvalue weighted by molar-refractivity contribution is 5.93. The van der Waals surface area contributed by atoms with Crippen molar-refractivity contribution in [3.05, 3.63) is 0 Å². The first kappa shape index (κ1) is 13.0. The number of ether oxygens (including phenoxy) is 1. The number of carbonyl (C=O) groups excluding carboxylic acids is 1. The zero-order valence-electron chi connectivity index (χ0n) is 9.78. The second-order valence-electron chi connectivity index (χ2n) is 4.38. The van der Waals surface area contributed by atoms with Crippen LogP contribution in [-0.2, 0) is 14.3 Å². The van der Waals surface area contributed by atoms with Crippen molar-refractivity contribution in [1.82, 2.24) is 0 Å². The number of rotatable bonds is 5. The molecule has 4 nitrogen and oxygen atoms in total. The van der Waals surface area contributed by atoms with E-state index in [1.54, 1.807) is 6.92 Å². The van der Waals surface area contributed by atoms with Crippen molar-refractivity contribution in [2.24, 2.45) is 11.8 Å². The Bertz CT molecular complexity index is 243. The lowest BCUT2D eigenvalue weighted by Crippen LogP contribution is -2.28. The van der Waals surface area contributed by atoms with E-state index in [0.29, 0.717) is 12.3 Å². The van der Waals surface area contributed by atoms with E-state index in [1.165, 1.54) is 6.42 Å². The van der Waals surface area contributed by atoms with Crippen LogP contribution in [0.1, 0.15) is 45.4 Å². The molecule has 1 fully saturated rings. The van der Waals surface area contributed by atoms with Crippen molar-refractivity contribution in [3.8, 4) is 0 Å². The minimum atomic E-state index is -1.05. The summed E-state index contributed by atoms with van der Waals surface area (Å²) in [6, 6.07) is 0. The summed E-state index contributed by atoms with van der Waals surface area (Å²) in [6.07, 6.45) is 6.06. The zero-order valence-corrected chi connectivity index (χ0v) is 9.78. The molecular weight excluding hydrogens is 208 g/mol. The molecular formula is C12H20O4. The SMILES string of the molecule is CCOC(=O)C(CC1CCCCC1)C(=O)O. The van der Waals surface area contributed by atoms with Crippen molar-refractivity contribution in [2.45, 2.75) is 45.4 Å². The van der Waals surface area contributed by atoms with Crippen molar-refractivity contribution < 1.29 is 19.4 Å². The first-order chi connectivity index (χ1) is 7.65. The summed E-state index contributed by atoms with van der Waals surface area (Å²) in [6.45, 7) is 1.94. The summed E-state index contributed by atoms with van der Waals surface area (Å²) in [4.78, 5) is 22.4. The molecule has 1 N–H and O–H groups in total. The molecule has 0 amide bonds. The summed E-state index contributed by atoms with van der Waals surface area (Å²) >= 11 is 0. The number of esters is 1. The van der Waals surface area contributed by atoms with E-state index in [1.807, 2.05) is 0 Å². The number of carboxylic acids is 1. The molecule has 4 heteroatoms. The van der Waals surface area contributed by atoms with Gasteiger partial charge in [0.1, 0.15) is 0 Å². The molecule has 0 aromatic heterocycles. The van der Waals surface area contributed by atoms with Gasteiger partial charge < -0.3 is 9.84 Å². The molecule has 0 heterocycles. The van der Waals surface area contributed by atoms with Crippen LogP contribution in [0.3, 0.4) is 0 Å². The Kier molecular flexibility index (Phi) is 5.29. The lowest BCUT2D eigenvalue weighted by molar-refractivity contribution is -0.159. The zero-order chi connectivity index (χ0) is 12.0. The molecule has 1 saturated carbocycles. The largest absolute Gasteiger partial charge is 0.481 e. The Morgan fingerprint density at radius 2 is 1.94 bits per heavy atom. The van der Waals surface area contributed by atoms with Crippen molar-refractivity contribution in [2.75, 3.05) is 6.61 Å². The molecule has 0 aromatic rings. The highest BCUT2D eigenvalue weighted by Crippen LogP contribution is 2.29. The van der Waals surface area contributed by atoms with Crippen LogP contribution in [0.25, 0.3) is 0 Å². The van der Waals surface area contributed by atoms with Crippen molar-refractivity contribution >= 4 is 11.9 Å². The van der Waals surface area contributed by atoms with E-state index < -0.39 is 17.9 Å². The van der Waals surface area contributed by atoms with Gasteiger partial charge in [0.25, 0.3) is 0 Å². The maximum atomic E-state index is 11.5. The first-order valence-electron chi connectivity index (χ1n) is 6.04. The van der Waals surface area contributed by atoms with Crippen LogP contribution in [0.2, 0.25) is 0 Å². The Balaban J connectivity index is 2.49. The van der Waals surface area contributed by atoms with E-state index >= 15 is 0 Å². The predicted octanol–water partition coefficient (Wildman–Crippen LogP) is 2.22. The Morgan fingerprint density at radius 3 is 2.44 bits per heavy atom. The van der Waals surface area contributed by atoms with Gasteiger partial charge in [-0.05, 0) is 19.3 Å². The highest BCUT2D eigenvalue weighted by Gasteiger charge is 2.31. The summed E-state index contributed by atoms with van der Waals surface area (Å²) in [7, 11) is 0. The summed E-state index contributed by atoms with van der Waals surface area (Å²) in [5.41, 5.74) is 0. The summed E-state index contributed by atoms with van der Waals surface area (Å²) < 4.78 is 4.79. The first-order valence-corrected chi connectivity index (χ1v) is 6.04. The van der Waals surface area contributed by atoms with E-state index in [4.69, 9.17) is 9.84 Å². The van der Waals surface area contributed by atoms with Crippen LogP contribution in [-0.4, -0.2) is 23.7 Å². The fourth-order valence-electron chi connectivity index (χ4n) is 2.30. The van der Waals surface area contributed by atoms with Gasteiger partial charge in [-0.25, -0.2) is 0 Å². The molecule has 1 rings (SSSR count). The van der Waals surface area contributed by atoms with Crippen molar-refractivity contribution in [3.63, 3.8) is 0 Å². The van der Waals surface area contributed by atoms with Gasteiger partial charge in [-0.1, -0.05) is 32.1 Å². The van der Waals surface area contributed by atoms with Crippen LogP contribution in [0.4, 0.5) is 0 Å². The molecule has 0 aromatic carbocycles. The summed E-state index contributed by atoms with van der Waals surface area (Å²) in [5, 5.41) is 9.00. The Labute approximate surface area is 96.0 Å². The van der Waals surface area contributed by atoms with Crippen LogP contribution in [0.5, 0.6) is 0 Å². The van der Waals surface area contributed by atoms with Crippen LogP contribution in [0, 0.1) is 11.8 Å². The fourth-order valence-corrected chi connectivity index (χ4v) is 2.30. The molecule has 0 aliphatic heterocycles. The van der Waals surface area contributed by atoms with E-state index in [0.717, 1.165) is 25.7 Å². The highest BCUT2D eigenvalue weighted by atomic mass is 16.5. The fraction of sp³-hybridized carbons (Fsp3) is 0.833. The maximum Gasteiger partial charge on any atom is 0.320 e. The minimum absolute atomic E-state index is 0.243. The van der Waals surface area contributed by atoms with Gasteiger partial charge in [0.15, 0.2) is 5.92 Å². The van der Waals surface area contributed by atoms with Gasteiger partial charge in [0.05, 0.1) is 6.61 Å². The molecule has 0 radical (unpaired) electrons. The maximum absolute atomic E-state index is 11.5. The molecule has 16 heavy (non-hydrogen) atoms. The van der Waals surface area contributed by atoms with Gasteiger partial charge in [0.2, 0.25) is 0 Å². The number of aliphatic carboxylic acids is 1. The molecule has 0 bridgehead atoms. The lowest BCUT2D eigenvalue weighted by Gasteiger charge is -2.23. The van der Waals surface area contributed by atoms with E-state index in [9.17, 15) is 9.59 Å².